The molecule has 4 rings (SSSR count). The molecule has 3 fully saturated rings. The van der Waals surface area contributed by atoms with Crippen LogP contribution in [0.5, 0.6) is 0 Å². The first-order valence-corrected chi connectivity index (χ1v) is 13.7. The molecule has 0 bridgehead atoms. The number of nitrogens with zero attached hydrogens (tertiary/aromatic N) is 3. The zero-order valence-corrected chi connectivity index (χ0v) is 22.9. The lowest BCUT2D eigenvalue weighted by Crippen LogP contribution is -2.66. The maximum absolute atomic E-state index is 13.3. The monoisotopic (exact) mass is 572 g/mol. The van der Waals surface area contributed by atoms with Gasteiger partial charge in [-0.05, 0) is 19.8 Å². The lowest BCUT2D eigenvalue weighted by molar-refractivity contribution is -0.159. The van der Waals surface area contributed by atoms with Gasteiger partial charge in [-0.25, -0.2) is 4.79 Å². The first-order chi connectivity index (χ1) is 18.2. The molecule has 0 aromatic rings. The van der Waals surface area contributed by atoms with Crippen molar-refractivity contribution in [2.75, 3.05) is 27.2 Å². The van der Waals surface area contributed by atoms with E-state index in [-0.39, 0.29) is 35.3 Å². The van der Waals surface area contributed by atoms with Crippen LogP contribution in [-0.2, 0) is 24.0 Å². The standard InChI is InChI=1S/C24H34F2N6O6S/c1-9-16-15(10(2)29-20(33)19(25)26)23(36)32(16)17(24(37)38)18(9)39-12-6-13(28-7-12)21(34)31-8-11(27)5-14(31)22(35)30(3)4/h9-16,19,28H,5-8,27H2,1-4H3,(H,29,33)(H,37,38)/t9-,10?,11+,12+,13+,14+,15-,16-/m1/s1. The maximum atomic E-state index is 13.3. The van der Waals surface area contributed by atoms with Crippen LogP contribution in [0.3, 0.4) is 0 Å². The second-order valence-corrected chi connectivity index (χ2v) is 12.1. The van der Waals surface area contributed by atoms with Crippen LogP contribution in [-0.4, -0.2) is 118 Å². The molecule has 4 amide bonds. The molecule has 0 radical (unpaired) electrons. The number of hydrogen-bond donors (Lipinski definition) is 4. The number of carboxylic acid groups (broad SMARTS) is 1. The number of nitrogens with one attached hydrogen (secondary N) is 2. The third kappa shape index (κ3) is 5.23. The van der Waals surface area contributed by atoms with Gasteiger partial charge in [0, 0.05) is 55.3 Å². The van der Waals surface area contributed by atoms with Crippen LogP contribution in [0, 0.1) is 11.8 Å². The van der Waals surface area contributed by atoms with Crippen molar-refractivity contribution in [1.82, 2.24) is 25.3 Å². The van der Waals surface area contributed by atoms with Gasteiger partial charge in [-0.1, -0.05) is 6.92 Å². The number of halogens is 2. The number of β-lactam (4-membered cyclic amide) rings is 1. The van der Waals surface area contributed by atoms with Crippen molar-refractivity contribution in [2.24, 2.45) is 17.6 Å². The number of thioether (sulfide) groups is 1. The molecule has 0 aromatic heterocycles. The molecule has 3 saturated heterocycles. The van der Waals surface area contributed by atoms with Gasteiger partial charge in [-0.3, -0.25) is 19.2 Å². The number of fused-ring (bicyclic) bond motifs is 1. The summed E-state index contributed by atoms with van der Waals surface area (Å²) in [6.45, 7) is 3.89. The SMILES string of the molecule is CC(NC(=O)C(F)F)[C@H]1C(=O)N2C(C(=O)O)=C(S[C@@H]3CN[C@H](C(=O)N4C[C@@H](N)C[C@H]4C(=O)N(C)C)C3)[C@H](C)[C@H]12. The number of likely N-dealkylation sites (tertiary alicyclic amines) is 1. The first-order valence-electron chi connectivity index (χ1n) is 12.8. The average molecular weight is 573 g/mol. The van der Waals surface area contributed by atoms with Gasteiger partial charge in [0.1, 0.15) is 11.7 Å². The molecule has 8 atom stereocenters. The smallest absolute Gasteiger partial charge is 0.353 e. The Labute approximate surface area is 228 Å². The zero-order chi connectivity index (χ0) is 28.9. The van der Waals surface area contributed by atoms with E-state index in [1.54, 1.807) is 21.0 Å². The molecule has 0 saturated carbocycles. The topological polar surface area (TPSA) is 165 Å². The lowest BCUT2D eigenvalue weighted by atomic mass is 9.78. The number of carbonyl (C=O) groups excluding carboxylic acids is 4. The number of likely N-dealkylation sites (N-methyl/N-ethyl adjacent to an activating group) is 1. The molecule has 0 spiro atoms. The fourth-order valence-corrected chi connectivity index (χ4v) is 7.56. The van der Waals surface area contributed by atoms with Crippen LogP contribution in [0.2, 0.25) is 0 Å². The Kier molecular flexibility index (Phi) is 8.24. The molecule has 0 aliphatic carbocycles. The quantitative estimate of drug-likeness (QED) is 0.267. The fourth-order valence-electron chi connectivity index (χ4n) is 6.08. The highest BCUT2D eigenvalue weighted by Gasteiger charge is 2.60. The van der Waals surface area contributed by atoms with Gasteiger partial charge in [0.25, 0.3) is 5.91 Å². The number of carbonyl (C=O) groups is 5. The minimum atomic E-state index is -3.23. The van der Waals surface area contributed by atoms with E-state index in [1.165, 1.54) is 33.4 Å². The minimum absolute atomic E-state index is 0.150. The molecular formula is C24H34F2N6O6S. The van der Waals surface area contributed by atoms with Gasteiger partial charge >= 0.3 is 12.4 Å². The molecule has 15 heteroatoms. The van der Waals surface area contributed by atoms with Gasteiger partial charge in [0.2, 0.25) is 17.7 Å². The summed E-state index contributed by atoms with van der Waals surface area (Å²) in [6.07, 6.45) is -2.47. The van der Waals surface area contributed by atoms with Gasteiger partial charge in [-0.2, -0.15) is 8.78 Å². The highest BCUT2D eigenvalue weighted by Crippen LogP contribution is 2.52. The molecule has 4 aliphatic heterocycles. The Balaban J connectivity index is 1.45. The molecule has 4 aliphatic rings. The third-order valence-corrected chi connectivity index (χ3v) is 9.43. The van der Waals surface area contributed by atoms with Gasteiger partial charge in [0.05, 0.1) is 18.0 Å². The van der Waals surface area contributed by atoms with E-state index in [2.05, 4.69) is 10.6 Å². The number of aliphatic carboxylic acids is 1. The Hall–Kier alpha value is -2.78. The largest absolute Gasteiger partial charge is 0.477 e. The number of alkyl halides is 2. The first kappa shape index (κ1) is 29.2. The fraction of sp³-hybridized carbons (Fsp3) is 0.708. The highest BCUT2D eigenvalue weighted by molar-refractivity contribution is 8.03. The van der Waals surface area contributed by atoms with Gasteiger partial charge in [-0.15, -0.1) is 11.8 Å². The average Bonchev–Trinajstić information content (AvgIpc) is 3.54. The number of rotatable bonds is 8. The van der Waals surface area contributed by atoms with Crippen molar-refractivity contribution in [1.29, 1.82) is 0 Å². The summed E-state index contributed by atoms with van der Waals surface area (Å²) in [5, 5.41) is 15.1. The molecule has 1 unspecified atom stereocenters. The van der Waals surface area contributed by atoms with E-state index < -0.39 is 60.2 Å². The van der Waals surface area contributed by atoms with E-state index in [9.17, 15) is 37.9 Å². The van der Waals surface area contributed by atoms with E-state index in [0.717, 1.165) is 0 Å². The minimum Gasteiger partial charge on any atom is -0.477 e. The molecule has 12 nitrogen and oxygen atoms in total. The maximum Gasteiger partial charge on any atom is 0.353 e. The Morgan fingerprint density at radius 1 is 1.23 bits per heavy atom. The Bertz CT molecular complexity index is 1100. The van der Waals surface area contributed by atoms with Crippen molar-refractivity contribution in [3.8, 4) is 0 Å². The van der Waals surface area contributed by atoms with Crippen LogP contribution in [0.4, 0.5) is 8.78 Å². The van der Waals surface area contributed by atoms with Crippen molar-refractivity contribution in [3.63, 3.8) is 0 Å². The van der Waals surface area contributed by atoms with Crippen LogP contribution in [0.1, 0.15) is 26.7 Å². The molecule has 5 N–H and O–H groups in total. The van der Waals surface area contributed by atoms with Crippen molar-refractivity contribution >= 4 is 41.4 Å². The summed E-state index contributed by atoms with van der Waals surface area (Å²) in [5.74, 6) is -4.99. The predicted molar refractivity (Wildman–Crippen MR) is 136 cm³/mol. The van der Waals surface area contributed by atoms with Crippen LogP contribution >= 0.6 is 11.8 Å². The molecule has 4 heterocycles. The molecule has 0 aromatic carbocycles. The normalized spacial score (nSPS) is 32.8. The summed E-state index contributed by atoms with van der Waals surface area (Å²) in [6, 6.07) is -3.01. The number of amides is 4. The predicted octanol–water partition coefficient (Wildman–Crippen LogP) is -0.991. The second-order valence-electron chi connectivity index (χ2n) is 10.8. The summed E-state index contributed by atoms with van der Waals surface area (Å²) in [7, 11) is 3.25. The number of nitrogens with two attached hydrogens (primary N) is 1. The van der Waals surface area contributed by atoms with E-state index in [0.29, 0.717) is 24.3 Å². The van der Waals surface area contributed by atoms with Crippen LogP contribution in [0.25, 0.3) is 0 Å². The highest BCUT2D eigenvalue weighted by atomic mass is 32.2. The van der Waals surface area contributed by atoms with Crippen molar-refractivity contribution in [3.05, 3.63) is 10.6 Å². The zero-order valence-electron chi connectivity index (χ0n) is 22.1. The van der Waals surface area contributed by atoms with E-state index in [4.69, 9.17) is 5.73 Å². The summed E-state index contributed by atoms with van der Waals surface area (Å²) < 4.78 is 25.4. The summed E-state index contributed by atoms with van der Waals surface area (Å²) in [4.78, 5) is 67.1. The van der Waals surface area contributed by atoms with Crippen LogP contribution in [0.15, 0.2) is 10.6 Å². The molecule has 39 heavy (non-hydrogen) atoms. The van der Waals surface area contributed by atoms with Crippen molar-refractivity contribution < 1.29 is 37.9 Å². The second kappa shape index (κ2) is 11.0. The number of carboxylic acids is 1. The van der Waals surface area contributed by atoms with Crippen molar-refractivity contribution in [2.45, 2.75) is 68.6 Å². The summed E-state index contributed by atoms with van der Waals surface area (Å²) >= 11 is 1.28. The lowest BCUT2D eigenvalue weighted by Gasteiger charge is -2.47. The van der Waals surface area contributed by atoms with Gasteiger partial charge in [0.15, 0.2) is 0 Å². The van der Waals surface area contributed by atoms with Gasteiger partial charge < -0.3 is 36.2 Å². The van der Waals surface area contributed by atoms with E-state index >= 15 is 0 Å². The Morgan fingerprint density at radius 3 is 2.49 bits per heavy atom. The third-order valence-electron chi connectivity index (χ3n) is 7.92. The molecule has 216 valence electrons. The Morgan fingerprint density at radius 2 is 1.90 bits per heavy atom. The molecular weight excluding hydrogens is 538 g/mol. The number of hydrogen-bond acceptors (Lipinski definition) is 8. The van der Waals surface area contributed by atoms with E-state index in [1.807, 2.05) is 0 Å². The summed E-state index contributed by atoms with van der Waals surface area (Å²) in [5.41, 5.74) is 5.91. The van der Waals surface area contributed by atoms with Crippen LogP contribution < -0.4 is 16.4 Å².